The fourth-order valence-electron chi connectivity index (χ4n) is 2.79. The van der Waals surface area contributed by atoms with Crippen LogP contribution in [0.3, 0.4) is 0 Å². The molecule has 0 spiro atoms. The number of carbonyl (C=O) groups is 2. The Morgan fingerprint density at radius 1 is 1.06 bits per heavy atom. The molecule has 2 aromatic rings. The van der Waals surface area contributed by atoms with Crippen molar-refractivity contribution in [1.82, 2.24) is 4.90 Å². The molecule has 0 bridgehead atoms. The Bertz CT molecular complexity index is 939. The van der Waals surface area contributed by atoms with Crippen molar-refractivity contribution in [3.8, 4) is 17.2 Å². The van der Waals surface area contributed by atoms with E-state index in [1.807, 2.05) is 19.1 Å². The fraction of sp³-hybridized carbons (Fsp3) is 0.250. The van der Waals surface area contributed by atoms with Crippen molar-refractivity contribution in [1.29, 1.82) is 0 Å². The average molecular weight is 424 g/mol. The SMILES string of the molecule is C=CCOc1ccc(/C=C/C(=O)N(CC)CC(=O)Nc2ccccc2OC)cc1OC. The Morgan fingerprint density at radius 2 is 1.81 bits per heavy atom. The smallest absolute Gasteiger partial charge is 0.247 e. The molecule has 7 nitrogen and oxygen atoms in total. The van der Waals surface area contributed by atoms with Gasteiger partial charge in [0.15, 0.2) is 11.5 Å². The van der Waals surface area contributed by atoms with Gasteiger partial charge in [0.1, 0.15) is 18.9 Å². The van der Waals surface area contributed by atoms with Gasteiger partial charge in [-0.25, -0.2) is 0 Å². The highest BCUT2D eigenvalue weighted by atomic mass is 16.5. The van der Waals surface area contributed by atoms with Crippen molar-refractivity contribution in [3.63, 3.8) is 0 Å². The van der Waals surface area contributed by atoms with Crippen LogP contribution in [0.5, 0.6) is 17.2 Å². The van der Waals surface area contributed by atoms with Gasteiger partial charge in [0.25, 0.3) is 0 Å². The third kappa shape index (κ3) is 6.92. The third-order valence-electron chi connectivity index (χ3n) is 4.37. The van der Waals surface area contributed by atoms with E-state index in [4.69, 9.17) is 14.2 Å². The Morgan fingerprint density at radius 3 is 2.48 bits per heavy atom. The zero-order valence-electron chi connectivity index (χ0n) is 18.1. The second kappa shape index (κ2) is 12.1. The average Bonchev–Trinajstić information content (AvgIpc) is 2.80. The van der Waals surface area contributed by atoms with Gasteiger partial charge in [0.2, 0.25) is 11.8 Å². The zero-order valence-corrected chi connectivity index (χ0v) is 18.1. The van der Waals surface area contributed by atoms with E-state index in [1.165, 1.54) is 18.1 Å². The van der Waals surface area contributed by atoms with Gasteiger partial charge >= 0.3 is 0 Å². The number of hydrogen-bond donors (Lipinski definition) is 1. The number of ether oxygens (including phenoxy) is 3. The maximum absolute atomic E-state index is 12.6. The minimum Gasteiger partial charge on any atom is -0.495 e. The van der Waals surface area contributed by atoms with Crippen molar-refractivity contribution < 1.29 is 23.8 Å². The Balaban J connectivity index is 2.02. The number of anilines is 1. The van der Waals surface area contributed by atoms with Crippen LogP contribution in [0, 0.1) is 0 Å². The molecule has 0 saturated carbocycles. The van der Waals surface area contributed by atoms with Gasteiger partial charge in [0, 0.05) is 12.6 Å². The highest BCUT2D eigenvalue weighted by Crippen LogP contribution is 2.28. The molecule has 0 aromatic heterocycles. The molecule has 2 rings (SSSR count). The largest absolute Gasteiger partial charge is 0.495 e. The molecule has 7 heteroatoms. The molecular weight excluding hydrogens is 396 g/mol. The number of nitrogens with zero attached hydrogens (tertiary/aromatic N) is 1. The van der Waals surface area contributed by atoms with Gasteiger partial charge in [-0.3, -0.25) is 9.59 Å². The van der Waals surface area contributed by atoms with Crippen LogP contribution in [0.1, 0.15) is 12.5 Å². The first-order valence-electron chi connectivity index (χ1n) is 9.84. The highest BCUT2D eigenvalue weighted by Gasteiger charge is 2.15. The van der Waals surface area contributed by atoms with Crippen LogP contribution in [0.15, 0.2) is 61.2 Å². The van der Waals surface area contributed by atoms with Crippen LogP contribution < -0.4 is 19.5 Å². The number of benzene rings is 2. The summed E-state index contributed by atoms with van der Waals surface area (Å²) in [7, 11) is 3.08. The van der Waals surface area contributed by atoms with E-state index in [-0.39, 0.29) is 18.4 Å². The maximum Gasteiger partial charge on any atom is 0.247 e. The minimum absolute atomic E-state index is 0.0740. The molecule has 31 heavy (non-hydrogen) atoms. The molecule has 0 heterocycles. The number of para-hydroxylation sites is 2. The molecule has 0 saturated heterocycles. The summed E-state index contributed by atoms with van der Waals surface area (Å²) in [6.07, 6.45) is 4.75. The molecule has 0 atom stereocenters. The summed E-state index contributed by atoms with van der Waals surface area (Å²) < 4.78 is 16.1. The summed E-state index contributed by atoms with van der Waals surface area (Å²) in [4.78, 5) is 26.4. The summed E-state index contributed by atoms with van der Waals surface area (Å²) in [6.45, 7) is 6.12. The molecule has 2 amide bonds. The van der Waals surface area contributed by atoms with E-state index in [0.717, 1.165) is 5.56 Å². The number of rotatable bonds is 11. The van der Waals surface area contributed by atoms with Gasteiger partial charge in [-0.1, -0.05) is 30.9 Å². The van der Waals surface area contributed by atoms with Gasteiger partial charge in [-0.15, -0.1) is 0 Å². The van der Waals surface area contributed by atoms with Crippen LogP contribution in [0.4, 0.5) is 5.69 Å². The lowest BCUT2D eigenvalue weighted by atomic mass is 10.2. The van der Waals surface area contributed by atoms with Crippen LogP contribution in [0.2, 0.25) is 0 Å². The number of nitrogens with one attached hydrogen (secondary N) is 1. The molecule has 0 unspecified atom stereocenters. The molecule has 2 aromatic carbocycles. The van der Waals surface area contributed by atoms with Gasteiger partial charge in [-0.05, 0) is 42.8 Å². The lowest BCUT2D eigenvalue weighted by molar-refractivity contribution is -0.130. The normalized spacial score (nSPS) is 10.4. The summed E-state index contributed by atoms with van der Waals surface area (Å²) in [6, 6.07) is 12.5. The lowest BCUT2D eigenvalue weighted by Crippen LogP contribution is -2.36. The summed E-state index contributed by atoms with van der Waals surface area (Å²) in [5.41, 5.74) is 1.32. The van der Waals surface area contributed by atoms with Crippen molar-refractivity contribution in [3.05, 3.63) is 66.8 Å². The summed E-state index contributed by atoms with van der Waals surface area (Å²) in [5.74, 6) is 1.12. The molecule has 0 aliphatic carbocycles. The van der Waals surface area contributed by atoms with Gasteiger partial charge in [-0.2, -0.15) is 0 Å². The molecule has 0 aliphatic heterocycles. The van der Waals surface area contributed by atoms with Crippen LogP contribution in [-0.2, 0) is 9.59 Å². The predicted molar refractivity (Wildman–Crippen MR) is 122 cm³/mol. The number of hydrogen-bond acceptors (Lipinski definition) is 5. The Kier molecular flexibility index (Phi) is 9.16. The fourth-order valence-corrected chi connectivity index (χ4v) is 2.79. The van der Waals surface area contributed by atoms with Crippen molar-refractivity contribution >= 4 is 23.6 Å². The first-order chi connectivity index (χ1) is 15.0. The number of amides is 2. The molecule has 1 N–H and O–H groups in total. The standard InChI is InChI=1S/C24H28N2O5/c1-5-15-31-21-13-11-18(16-22(21)30-4)12-14-24(28)26(6-2)17-23(27)25-19-9-7-8-10-20(19)29-3/h5,7-14,16H,1,6,15,17H2,2-4H3,(H,25,27)/b14-12+. The molecule has 0 aliphatic rings. The number of carbonyl (C=O) groups excluding carboxylic acids is 2. The van der Waals surface area contributed by atoms with E-state index in [1.54, 1.807) is 49.6 Å². The second-order valence-electron chi connectivity index (χ2n) is 6.44. The van der Waals surface area contributed by atoms with E-state index in [2.05, 4.69) is 11.9 Å². The molecular formula is C24H28N2O5. The van der Waals surface area contributed by atoms with E-state index < -0.39 is 0 Å². The van der Waals surface area contributed by atoms with Gasteiger partial charge < -0.3 is 24.4 Å². The quantitative estimate of drug-likeness (QED) is 0.439. The number of likely N-dealkylation sites (N-methyl/N-ethyl adjacent to an activating group) is 1. The van der Waals surface area contributed by atoms with Gasteiger partial charge in [0.05, 0.1) is 19.9 Å². The Labute approximate surface area is 182 Å². The summed E-state index contributed by atoms with van der Waals surface area (Å²) in [5, 5.41) is 2.77. The van der Waals surface area contributed by atoms with E-state index in [9.17, 15) is 9.59 Å². The van der Waals surface area contributed by atoms with E-state index in [0.29, 0.717) is 36.1 Å². The zero-order chi connectivity index (χ0) is 22.6. The van der Waals surface area contributed by atoms with Crippen LogP contribution >= 0.6 is 0 Å². The van der Waals surface area contributed by atoms with Crippen LogP contribution in [-0.4, -0.2) is 50.6 Å². The first-order valence-corrected chi connectivity index (χ1v) is 9.84. The minimum atomic E-state index is -0.307. The number of methoxy groups -OCH3 is 2. The highest BCUT2D eigenvalue weighted by molar-refractivity contribution is 5.98. The van der Waals surface area contributed by atoms with Crippen molar-refractivity contribution in [2.75, 3.05) is 39.2 Å². The first kappa shape index (κ1) is 23.5. The van der Waals surface area contributed by atoms with E-state index >= 15 is 0 Å². The maximum atomic E-state index is 12.6. The molecule has 0 radical (unpaired) electrons. The van der Waals surface area contributed by atoms with Crippen LogP contribution in [0.25, 0.3) is 6.08 Å². The van der Waals surface area contributed by atoms with Crippen molar-refractivity contribution in [2.45, 2.75) is 6.92 Å². The summed E-state index contributed by atoms with van der Waals surface area (Å²) >= 11 is 0. The topological polar surface area (TPSA) is 77.1 Å². The van der Waals surface area contributed by atoms with Crippen molar-refractivity contribution in [2.24, 2.45) is 0 Å². The monoisotopic (exact) mass is 424 g/mol. The second-order valence-corrected chi connectivity index (χ2v) is 6.44. The third-order valence-corrected chi connectivity index (χ3v) is 4.37. The predicted octanol–water partition coefficient (Wildman–Crippen LogP) is 3.77. The lowest BCUT2D eigenvalue weighted by Gasteiger charge is -2.19. The Hall–Kier alpha value is -3.74. The molecule has 164 valence electrons. The molecule has 0 fully saturated rings.